The van der Waals surface area contributed by atoms with Crippen molar-refractivity contribution in [3.05, 3.63) is 81.5 Å². The molecule has 1 atom stereocenters. The number of methoxy groups -OCH3 is 2. The van der Waals surface area contributed by atoms with Crippen LogP contribution in [0.4, 0.5) is 19.0 Å². The molecular formula is C25H23F3N4O3. The zero-order valence-corrected chi connectivity index (χ0v) is 19.5. The minimum Gasteiger partial charge on any atom is -0.497 e. The molecule has 2 aromatic carbocycles. The zero-order chi connectivity index (χ0) is 25.3. The van der Waals surface area contributed by atoms with E-state index in [2.05, 4.69) is 15.3 Å². The number of hydrogen-bond acceptors (Lipinski definition) is 6. The second-order valence-corrected chi connectivity index (χ2v) is 7.87. The summed E-state index contributed by atoms with van der Waals surface area (Å²) >= 11 is 0. The van der Waals surface area contributed by atoms with Crippen molar-refractivity contribution >= 4 is 16.7 Å². The number of hydrogen-bond donors (Lipinski definition) is 1. The van der Waals surface area contributed by atoms with Gasteiger partial charge in [0.25, 0.3) is 12.0 Å². The van der Waals surface area contributed by atoms with E-state index in [-0.39, 0.29) is 23.0 Å². The van der Waals surface area contributed by atoms with Crippen LogP contribution in [0, 0.1) is 12.7 Å². The number of benzene rings is 2. The average Bonchev–Trinajstić information content (AvgIpc) is 2.86. The Labute approximate surface area is 199 Å². The molecular weight excluding hydrogens is 461 g/mol. The number of aryl methyl sites for hydroxylation is 1. The van der Waals surface area contributed by atoms with Gasteiger partial charge in [0.2, 0.25) is 0 Å². The molecule has 0 aliphatic carbocycles. The maximum atomic E-state index is 14.8. The first kappa shape index (κ1) is 24.1. The Hall–Kier alpha value is -4.08. The van der Waals surface area contributed by atoms with E-state index in [1.54, 1.807) is 51.4 Å². The molecule has 0 spiro atoms. The number of alkyl halides is 2. The molecule has 0 fully saturated rings. The normalized spacial score (nSPS) is 12.1. The Morgan fingerprint density at radius 1 is 1.00 bits per heavy atom. The van der Waals surface area contributed by atoms with Crippen molar-refractivity contribution in [3.8, 4) is 17.4 Å². The molecule has 0 unspecified atom stereocenters. The molecule has 0 saturated carbocycles. The van der Waals surface area contributed by atoms with Crippen LogP contribution < -0.4 is 20.3 Å². The van der Waals surface area contributed by atoms with Crippen LogP contribution in [-0.2, 0) is 0 Å². The van der Waals surface area contributed by atoms with Crippen LogP contribution in [0.3, 0.4) is 0 Å². The van der Waals surface area contributed by atoms with Crippen LogP contribution >= 0.6 is 0 Å². The van der Waals surface area contributed by atoms with E-state index in [9.17, 15) is 18.0 Å². The van der Waals surface area contributed by atoms with E-state index in [1.807, 2.05) is 0 Å². The van der Waals surface area contributed by atoms with Gasteiger partial charge < -0.3 is 14.8 Å². The Morgan fingerprint density at radius 3 is 2.31 bits per heavy atom. The smallest absolute Gasteiger partial charge is 0.318 e. The lowest BCUT2D eigenvalue weighted by Gasteiger charge is -2.19. The molecule has 2 heterocycles. The number of nitrogens with zero attached hydrogens (tertiary/aromatic N) is 3. The molecule has 0 amide bonds. The Balaban J connectivity index is 1.86. The molecule has 0 radical (unpaired) electrons. The molecule has 10 heteroatoms. The van der Waals surface area contributed by atoms with Crippen molar-refractivity contribution in [2.45, 2.75) is 26.3 Å². The third-order valence-corrected chi connectivity index (χ3v) is 5.72. The van der Waals surface area contributed by atoms with Crippen LogP contribution in [-0.4, -0.2) is 28.8 Å². The summed E-state index contributed by atoms with van der Waals surface area (Å²) in [5.74, 6) is -0.0951. The summed E-state index contributed by atoms with van der Waals surface area (Å²) in [4.78, 5) is 21.8. The first-order chi connectivity index (χ1) is 16.7. The van der Waals surface area contributed by atoms with Gasteiger partial charge in [-0.2, -0.15) is 9.97 Å². The number of pyridine rings is 1. The van der Waals surface area contributed by atoms with E-state index in [4.69, 9.17) is 9.47 Å². The summed E-state index contributed by atoms with van der Waals surface area (Å²) in [7, 11) is 2.93. The highest BCUT2D eigenvalue weighted by Gasteiger charge is 2.22. The van der Waals surface area contributed by atoms with Crippen molar-refractivity contribution in [2.24, 2.45) is 0 Å². The number of fused-ring (bicyclic) bond motifs is 1. The first-order valence-electron chi connectivity index (χ1n) is 10.7. The first-order valence-corrected chi connectivity index (χ1v) is 10.7. The number of ether oxygens (including phenoxy) is 2. The number of rotatable bonds is 7. The molecule has 0 aliphatic heterocycles. The van der Waals surface area contributed by atoms with Gasteiger partial charge in [0.1, 0.15) is 17.4 Å². The van der Waals surface area contributed by atoms with Gasteiger partial charge in [-0.05, 0) is 38.1 Å². The molecule has 182 valence electrons. The van der Waals surface area contributed by atoms with Gasteiger partial charge >= 0.3 is 6.01 Å². The Morgan fingerprint density at radius 2 is 1.69 bits per heavy atom. The fourth-order valence-electron chi connectivity index (χ4n) is 3.82. The highest BCUT2D eigenvalue weighted by Crippen LogP contribution is 2.31. The minimum atomic E-state index is -2.94. The third-order valence-electron chi connectivity index (χ3n) is 5.72. The summed E-state index contributed by atoms with van der Waals surface area (Å²) in [6.07, 6.45) is -1.36. The molecule has 4 aromatic rings. The topological polar surface area (TPSA) is 78.3 Å². The monoisotopic (exact) mass is 484 g/mol. The van der Waals surface area contributed by atoms with Crippen molar-refractivity contribution < 1.29 is 22.6 Å². The standard InChI is InChI=1S/C25H23F3N4O3/c1-13-21-19(12-32(24(13)33)15-8-10-16(34-3)11-9-15)23(31-25(30-21)35-4)29-14(2)17-6-5-7-18(20(17)26)22(27)28/h5-12,14,22H,1-4H3,(H,29,30,31)/t14-/m1/s1. The quantitative estimate of drug-likeness (QED) is 0.381. The molecule has 1 N–H and O–H groups in total. The van der Waals surface area contributed by atoms with E-state index < -0.39 is 23.8 Å². The van der Waals surface area contributed by atoms with Crippen molar-refractivity contribution in [3.63, 3.8) is 0 Å². The maximum Gasteiger partial charge on any atom is 0.318 e. The van der Waals surface area contributed by atoms with Crippen molar-refractivity contribution in [1.82, 2.24) is 14.5 Å². The van der Waals surface area contributed by atoms with E-state index in [1.165, 1.54) is 23.8 Å². The highest BCUT2D eigenvalue weighted by molar-refractivity contribution is 5.91. The summed E-state index contributed by atoms with van der Waals surface area (Å²) in [5.41, 5.74) is 0.368. The average molecular weight is 484 g/mol. The summed E-state index contributed by atoms with van der Waals surface area (Å²) in [6, 6.07) is 10.0. The summed E-state index contributed by atoms with van der Waals surface area (Å²) < 4.78 is 53.0. The van der Waals surface area contributed by atoms with Crippen LogP contribution in [0.2, 0.25) is 0 Å². The van der Waals surface area contributed by atoms with Gasteiger partial charge in [-0.25, -0.2) is 13.2 Å². The fraction of sp³-hybridized carbons (Fsp3) is 0.240. The van der Waals surface area contributed by atoms with Crippen LogP contribution in [0.15, 0.2) is 53.5 Å². The minimum absolute atomic E-state index is 0.00120. The van der Waals surface area contributed by atoms with Crippen LogP contribution in [0.1, 0.15) is 36.1 Å². The van der Waals surface area contributed by atoms with Gasteiger partial charge in [0.05, 0.1) is 36.7 Å². The maximum absolute atomic E-state index is 14.8. The van der Waals surface area contributed by atoms with Gasteiger partial charge in [-0.3, -0.25) is 9.36 Å². The second kappa shape index (κ2) is 9.65. The molecule has 2 aromatic heterocycles. The largest absolute Gasteiger partial charge is 0.497 e. The lowest BCUT2D eigenvalue weighted by molar-refractivity contribution is 0.146. The van der Waals surface area contributed by atoms with Gasteiger partial charge in [-0.1, -0.05) is 18.2 Å². The summed E-state index contributed by atoms with van der Waals surface area (Å²) in [5, 5.41) is 3.54. The number of halogens is 3. The van der Waals surface area contributed by atoms with Crippen LogP contribution in [0.25, 0.3) is 16.6 Å². The molecule has 0 bridgehead atoms. The van der Waals surface area contributed by atoms with Gasteiger partial charge in [0.15, 0.2) is 0 Å². The number of nitrogens with one attached hydrogen (secondary N) is 1. The fourth-order valence-corrected chi connectivity index (χ4v) is 3.82. The Kier molecular flexibility index (Phi) is 6.63. The number of anilines is 1. The summed E-state index contributed by atoms with van der Waals surface area (Å²) in [6.45, 7) is 3.26. The van der Waals surface area contributed by atoms with E-state index in [0.29, 0.717) is 27.9 Å². The molecule has 35 heavy (non-hydrogen) atoms. The molecule has 4 rings (SSSR count). The predicted molar refractivity (Wildman–Crippen MR) is 126 cm³/mol. The van der Waals surface area contributed by atoms with Gasteiger partial charge in [0, 0.05) is 23.0 Å². The third kappa shape index (κ3) is 4.51. The van der Waals surface area contributed by atoms with Crippen LogP contribution in [0.5, 0.6) is 11.8 Å². The lowest BCUT2D eigenvalue weighted by Crippen LogP contribution is -2.22. The highest BCUT2D eigenvalue weighted by atomic mass is 19.3. The zero-order valence-electron chi connectivity index (χ0n) is 19.5. The predicted octanol–water partition coefficient (Wildman–Crippen LogP) is 5.36. The van der Waals surface area contributed by atoms with Crippen molar-refractivity contribution in [1.29, 1.82) is 0 Å². The van der Waals surface area contributed by atoms with E-state index in [0.717, 1.165) is 6.07 Å². The Bertz CT molecular complexity index is 1440. The molecule has 7 nitrogen and oxygen atoms in total. The number of aromatic nitrogens is 3. The van der Waals surface area contributed by atoms with Crippen molar-refractivity contribution in [2.75, 3.05) is 19.5 Å². The molecule has 0 aliphatic rings. The molecule has 0 saturated heterocycles. The SMILES string of the molecule is COc1ccc(-n2cc3c(N[C@H](C)c4cccc(C(F)F)c4F)nc(OC)nc3c(C)c2=O)cc1. The second-order valence-electron chi connectivity index (χ2n) is 7.87. The lowest BCUT2D eigenvalue weighted by atomic mass is 10.0. The van der Waals surface area contributed by atoms with Gasteiger partial charge in [-0.15, -0.1) is 0 Å². The van der Waals surface area contributed by atoms with E-state index >= 15 is 0 Å².